The molecule has 1 saturated heterocycles. The molecular formula is C15H28N2O3. The van der Waals surface area contributed by atoms with Crippen molar-refractivity contribution in [3.8, 4) is 0 Å². The molecule has 116 valence electrons. The van der Waals surface area contributed by atoms with Gasteiger partial charge in [-0.15, -0.1) is 0 Å². The Morgan fingerprint density at radius 2 is 2.15 bits per heavy atom. The molecule has 1 saturated carbocycles. The van der Waals surface area contributed by atoms with Crippen molar-refractivity contribution in [2.75, 3.05) is 32.8 Å². The zero-order valence-electron chi connectivity index (χ0n) is 12.6. The van der Waals surface area contributed by atoms with Crippen molar-refractivity contribution >= 4 is 6.09 Å². The molecule has 0 aromatic heterocycles. The fourth-order valence-electron chi connectivity index (χ4n) is 3.34. The third-order valence-corrected chi connectivity index (χ3v) is 4.81. The van der Waals surface area contributed by atoms with E-state index in [0.29, 0.717) is 19.1 Å². The van der Waals surface area contributed by atoms with Crippen molar-refractivity contribution in [2.24, 2.45) is 5.92 Å². The lowest BCUT2D eigenvalue weighted by Gasteiger charge is -2.39. The number of aliphatic hydroxyl groups is 1. The summed E-state index contributed by atoms with van der Waals surface area (Å²) in [5.41, 5.74) is -0.175. The number of amides is 1. The zero-order chi connectivity index (χ0) is 14.4. The molecule has 0 bridgehead atoms. The van der Waals surface area contributed by atoms with Crippen LogP contribution in [0.2, 0.25) is 0 Å². The number of carbonyl (C=O) groups excluding carboxylic acids is 1. The van der Waals surface area contributed by atoms with E-state index in [1.54, 1.807) is 4.90 Å². The van der Waals surface area contributed by atoms with Crippen LogP contribution in [0.15, 0.2) is 0 Å². The number of nitrogens with zero attached hydrogens (tertiary/aromatic N) is 1. The van der Waals surface area contributed by atoms with Crippen molar-refractivity contribution in [1.29, 1.82) is 0 Å². The first-order chi connectivity index (χ1) is 9.65. The van der Waals surface area contributed by atoms with E-state index < -0.39 is 0 Å². The number of hydrogen-bond acceptors (Lipinski definition) is 4. The Morgan fingerprint density at radius 1 is 1.40 bits per heavy atom. The molecule has 0 aromatic rings. The first-order valence-corrected chi connectivity index (χ1v) is 7.93. The van der Waals surface area contributed by atoms with Gasteiger partial charge in [0, 0.05) is 12.1 Å². The highest BCUT2D eigenvalue weighted by atomic mass is 16.6. The summed E-state index contributed by atoms with van der Waals surface area (Å²) in [5.74, 6) is 0.568. The molecule has 2 fully saturated rings. The normalized spacial score (nSPS) is 23.7. The van der Waals surface area contributed by atoms with Crippen LogP contribution in [-0.2, 0) is 4.74 Å². The largest absolute Gasteiger partial charge is 0.448 e. The van der Waals surface area contributed by atoms with Crippen LogP contribution in [0.3, 0.4) is 0 Å². The van der Waals surface area contributed by atoms with Crippen LogP contribution in [0.5, 0.6) is 0 Å². The van der Waals surface area contributed by atoms with Gasteiger partial charge in [-0.25, -0.2) is 4.79 Å². The van der Waals surface area contributed by atoms with Gasteiger partial charge < -0.3 is 20.1 Å². The summed E-state index contributed by atoms with van der Waals surface area (Å²) in [7, 11) is 0. The van der Waals surface area contributed by atoms with Gasteiger partial charge in [-0.05, 0) is 38.6 Å². The molecule has 2 aliphatic rings. The number of cyclic esters (lactones) is 1. The summed E-state index contributed by atoms with van der Waals surface area (Å²) < 4.78 is 4.91. The molecule has 2 rings (SSSR count). The minimum atomic E-state index is -0.192. The van der Waals surface area contributed by atoms with Crippen molar-refractivity contribution < 1.29 is 14.6 Å². The van der Waals surface area contributed by atoms with Gasteiger partial charge in [0.05, 0.1) is 13.2 Å². The smallest absolute Gasteiger partial charge is 0.409 e. The summed E-state index contributed by atoms with van der Waals surface area (Å²) >= 11 is 0. The van der Waals surface area contributed by atoms with E-state index >= 15 is 0 Å². The number of aliphatic hydroxyl groups excluding tert-OH is 1. The van der Waals surface area contributed by atoms with Gasteiger partial charge >= 0.3 is 6.09 Å². The van der Waals surface area contributed by atoms with Crippen LogP contribution < -0.4 is 5.32 Å². The predicted octanol–water partition coefficient (Wildman–Crippen LogP) is 1.75. The molecule has 1 amide bonds. The summed E-state index contributed by atoms with van der Waals surface area (Å²) in [6.45, 7) is 5.10. The van der Waals surface area contributed by atoms with Gasteiger partial charge in [-0.3, -0.25) is 0 Å². The second-order valence-corrected chi connectivity index (χ2v) is 6.29. The monoisotopic (exact) mass is 284 g/mol. The Labute approximate surface area is 121 Å². The molecule has 5 nitrogen and oxygen atoms in total. The Bertz CT molecular complexity index is 318. The molecule has 5 heteroatoms. The van der Waals surface area contributed by atoms with E-state index in [0.717, 1.165) is 19.5 Å². The van der Waals surface area contributed by atoms with Crippen LogP contribution in [0.4, 0.5) is 4.79 Å². The number of rotatable bonds is 7. The van der Waals surface area contributed by atoms with Crippen LogP contribution in [0, 0.1) is 5.92 Å². The highest BCUT2D eigenvalue weighted by Gasteiger charge is 2.33. The molecule has 0 unspecified atom stereocenters. The maximum Gasteiger partial charge on any atom is 0.409 e. The van der Waals surface area contributed by atoms with E-state index in [-0.39, 0.29) is 18.2 Å². The quantitative estimate of drug-likeness (QED) is 0.699. The Kier molecular flexibility index (Phi) is 5.66. The van der Waals surface area contributed by atoms with Gasteiger partial charge in [-0.2, -0.15) is 0 Å². The van der Waals surface area contributed by atoms with Crippen molar-refractivity contribution in [2.45, 2.75) is 51.0 Å². The van der Waals surface area contributed by atoms with E-state index in [9.17, 15) is 9.90 Å². The van der Waals surface area contributed by atoms with Crippen LogP contribution in [0.25, 0.3) is 0 Å². The number of carbonyl (C=O) groups is 1. The molecule has 0 radical (unpaired) electrons. The topological polar surface area (TPSA) is 61.8 Å². The number of hydrogen-bond donors (Lipinski definition) is 2. The standard InChI is InChI=1S/C15H28N2O3/c1-15(12-18,13-6-3-2-4-7-13)16-8-5-9-17-10-11-20-14(17)19/h13,16,18H,2-12H2,1H3/t15-/m0/s1. The number of nitrogens with one attached hydrogen (secondary N) is 1. The SMILES string of the molecule is C[C@@](CO)(NCCCN1CCOC1=O)C1CCCCC1. The van der Waals surface area contributed by atoms with Crippen molar-refractivity contribution in [1.82, 2.24) is 10.2 Å². The second kappa shape index (κ2) is 7.27. The van der Waals surface area contributed by atoms with Gasteiger partial charge in [-0.1, -0.05) is 19.3 Å². The molecule has 1 heterocycles. The van der Waals surface area contributed by atoms with Crippen molar-refractivity contribution in [3.05, 3.63) is 0 Å². The zero-order valence-corrected chi connectivity index (χ0v) is 12.6. The molecule has 1 atom stereocenters. The van der Waals surface area contributed by atoms with Crippen LogP contribution >= 0.6 is 0 Å². The predicted molar refractivity (Wildman–Crippen MR) is 77.6 cm³/mol. The number of ether oxygens (including phenoxy) is 1. The minimum absolute atomic E-state index is 0.175. The van der Waals surface area contributed by atoms with Gasteiger partial charge in [0.15, 0.2) is 0 Å². The average molecular weight is 284 g/mol. The van der Waals surface area contributed by atoms with E-state index in [2.05, 4.69) is 12.2 Å². The first kappa shape index (κ1) is 15.6. The molecule has 1 aliphatic heterocycles. The minimum Gasteiger partial charge on any atom is -0.448 e. The highest BCUT2D eigenvalue weighted by Crippen LogP contribution is 2.32. The lowest BCUT2D eigenvalue weighted by Crippen LogP contribution is -2.53. The lowest BCUT2D eigenvalue weighted by molar-refractivity contribution is 0.0944. The van der Waals surface area contributed by atoms with E-state index in [4.69, 9.17) is 4.74 Å². The van der Waals surface area contributed by atoms with Gasteiger partial charge in [0.2, 0.25) is 0 Å². The second-order valence-electron chi connectivity index (χ2n) is 6.29. The third-order valence-electron chi connectivity index (χ3n) is 4.81. The Hall–Kier alpha value is -0.810. The first-order valence-electron chi connectivity index (χ1n) is 7.93. The molecule has 0 aromatic carbocycles. The molecule has 0 spiro atoms. The summed E-state index contributed by atoms with van der Waals surface area (Å²) in [6, 6.07) is 0. The Balaban J connectivity index is 1.71. The van der Waals surface area contributed by atoms with E-state index in [1.807, 2.05) is 0 Å². The van der Waals surface area contributed by atoms with Crippen LogP contribution in [-0.4, -0.2) is 54.5 Å². The van der Waals surface area contributed by atoms with Crippen molar-refractivity contribution in [3.63, 3.8) is 0 Å². The maximum absolute atomic E-state index is 11.3. The molecule has 1 aliphatic carbocycles. The Morgan fingerprint density at radius 3 is 2.75 bits per heavy atom. The summed E-state index contributed by atoms with van der Waals surface area (Å²) in [4.78, 5) is 13.1. The fraction of sp³-hybridized carbons (Fsp3) is 0.933. The van der Waals surface area contributed by atoms with Gasteiger partial charge in [0.25, 0.3) is 0 Å². The summed E-state index contributed by atoms with van der Waals surface area (Å²) in [6.07, 6.45) is 7.02. The molecule has 20 heavy (non-hydrogen) atoms. The third kappa shape index (κ3) is 3.85. The highest BCUT2D eigenvalue weighted by molar-refractivity contribution is 5.69. The average Bonchev–Trinajstić information content (AvgIpc) is 2.90. The summed E-state index contributed by atoms with van der Waals surface area (Å²) in [5, 5.41) is 13.3. The van der Waals surface area contributed by atoms with E-state index in [1.165, 1.54) is 32.1 Å². The van der Waals surface area contributed by atoms with Crippen LogP contribution in [0.1, 0.15) is 45.4 Å². The maximum atomic E-state index is 11.3. The molecule has 2 N–H and O–H groups in total. The fourth-order valence-corrected chi connectivity index (χ4v) is 3.34. The van der Waals surface area contributed by atoms with Gasteiger partial charge in [0.1, 0.15) is 6.61 Å². The lowest BCUT2D eigenvalue weighted by atomic mass is 9.76. The molecular weight excluding hydrogens is 256 g/mol.